The van der Waals surface area contributed by atoms with Crippen molar-refractivity contribution < 1.29 is 80.2 Å². The Bertz CT molecular complexity index is 1320. The highest BCUT2D eigenvalue weighted by molar-refractivity contribution is 7.47. The topological polar surface area (TPSA) is 237 Å². The molecule has 0 radical (unpaired) electrons. The van der Waals surface area contributed by atoms with E-state index in [4.69, 9.17) is 37.0 Å². The maximum Gasteiger partial charge on any atom is 0.472 e. The summed E-state index contributed by atoms with van der Waals surface area (Å²) in [7, 11) is -9.82. The molecule has 0 fully saturated rings. The van der Waals surface area contributed by atoms with Gasteiger partial charge < -0.3 is 33.8 Å². The summed E-state index contributed by atoms with van der Waals surface area (Å²) >= 11 is 0. The Kier molecular flexibility index (Phi) is 41.8. The second-order valence-corrected chi connectivity index (χ2v) is 20.0. The van der Waals surface area contributed by atoms with E-state index in [1.54, 1.807) is 0 Å². The van der Waals surface area contributed by atoms with E-state index >= 15 is 0 Å². The number of unbranched alkanes of at least 4 members (excludes halogenated alkanes) is 22. The first-order chi connectivity index (χ1) is 31.7. The molecule has 19 heteroatoms. The summed E-state index contributed by atoms with van der Waals surface area (Å²) in [5.74, 6) is -2.19. The number of phosphoric acid groups is 2. The van der Waals surface area contributed by atoms with Crippen LogP contribution in [0.15, 0.2) is 0 Å². The summed E-state index contributed by atoms with van der Waals surface area (Å²) in [6, 6.07) is 0. The lowest BCUT2D eigenvalue weighted by molar-refractivity contribution is -0.161. The zero-order chi connectivity index (χ0) is 49.2. The molecule has 0 aromatic carbocycles. The van der Waals surface area contributed by atoms with Gasteiger partial charge in [0, 0.05) is 25.7 Å². The number of rotatable bonds is 48. The van der Waals surface area contributed by atoms with E-state index in [0.717, 1.165) is 103 Å². The molecule has 0 saturated heterocycles. The molecule has 0 spiro atoms. The number of phosphoric ester groups is 2. The van der Waals surface area contributed by atoms with Crippen LogP contribution >= 0.6 is 15.6 Å². The van der Waals surface area contributed by atoms with Crippen LogP contribution in [0.5, 0.6) is 0 Å². The Morgan fingerprint density at radius 2 is 0.606 bits per heavy atom. The Morgan fingerprint density at radius 3 is 0.909 bits per heavy atom. The van der Waals surface area contributed by atoms with Crippen molar-refractivity contribution in [2.75, 3.05) is 39.6 Å². The average molecular weight is 989 g/mol. The highest BCUT2D eigenvalue weighted by Gasteiger charge is 2.30. The first-order valence-corrected chi connectivity index (χ1v) is 28.3. The third-order valence-corrected chi connectivity index (χ3v) is 12.5. The summed E-state index contributed by atoms with van der Waals surface area (Å²) in [5, 5.41) is 10.4. The third kappa shape index (κ3) is 42.2. The lowest BCUT2D eigenvalue weighted by Crippen LogP contribution is -2.30. The van der Waals surface area contributed by atoms with Gasteiger partial charge in [-0.1, -0.05) is 169 Å². The van der Waals surface area contributed by atoms with Gasteiger partial charge in [-0.15, -0.1) is 0 Å². The van der Waals surface area contributed by atoms with Crippen LogP contribution < -0.4 is 0 Å². The summed E-state index contributed by atoms with van der Waals surface area (Å²) in [4.78, 5) is 70.6. The van der Waals surface area contributed by atoms with Crippen molar-refractivity contribution in [1.29, 1.82) is 0 Å². The number of aliphatic hydroxyl groups excluding tert-OH is 1. The number of hydrogen-bond donors (Lipinski definition) is 3. The molecule has 17 nitrogen and oxygen atoms in total. The van der Waals surface area contributed by atoms with Gasteiger partial charge in [-0.25, -0.2) is 9.13 Å². The van der Waals surface area contributed by atoms with Gasteiger partial charge in [0.2, 0.25) is 0 Å². The Balaban J connectivity index is 5.10. The predicted octanol–water partition coefficient (Wildman–Crippen LogP) is 11.3. The van der Waals surface area contributed by atoms with Crippen LogP contribution in [0.1, 0.15) is 220 Å². The summed E-state index contributed by atoms with van der Waals surface area (Å²) in [6.45, 7) is 4.48. The summed E-state index contributed by atoms with van der Waals surface area (Å²) < 4.78 is 66.6. The lowest BCUT2D eigenvalue weighted by atomic mass is 10.1. The zero-order valence-electron chi connectivity index (χ0n) is 41.1. The van der Waals surface area contributed by atoms with E-state index < -0.39 is 97.5 Å². The largest absolute Gasteiger partial charge is 0.472 e. The first-order valence-electron chi connectivity index (χ1n) is 25.3. The number of aliphatic hydroxyl groups is 1. The molecule has 0 aliphatic rings. The van der Waals surface area contributed by atoms with Crippen molar-refractivity contribution in [3.8, 4) is 0 Å². The van der Waals surface area contributed by atoms with Gasteiger partial charge in [0.25, 0.3) is 0 Å². The van der Waals surface area contributed by atoms with Gasteiger partial charge in [-0.3, -0.25) is 37.3 Å². The van der Waals surface area contributed by atoms with E-state index in [-0.39, 0.29) is 25.7 Å². The van der Waals surface area contributed by atoms with Gasteiger partial charge in [0.15, 0.2) is 12.2 Å². The van der Waals surface area contributed by atoms with Crippen molar-refractivity contribution >= 4 is 39.5 Å². The van der Waals surface area contributed by atoms with Crippen molar-refractivity contribution in [2.45, 2.75) is 239 Å². The zero-order valence-corrected chi connectivity index (χ0v) is 42.9. The van der Waals surface area contributed by atoms with Crippen molar-refractivity contribution in [3.05, 3.63) is 0 Å². The molecular formula is C47H90O17P2. The van der Waals surface area contributed by atoms with Crippen LogP contribution in [0.4, 0.5) is 0 Å². The van der Waals surface area contributed by atoms with Gasteiger partial charge in [0.05, 0.1) is 26.4 Å². The van der Waals surface area contributed by atoms with Crippen LogP contribution in [-0.2, 0) is 65.4 Å². The quantitative estimate of drug-likeness (QED) is 0.0222. The number of ether oxygens (including phenoxy) is 4. The van der Waals surface area contributed by atoms with Gasteiger partial charge in [-0.05, 0) is 25.7 Å². The average Bonchev–Trinajstić information content (AvgIpc) is 3.28. The molecule has 2 unspecified atom stereocenters. The van der Waals surface area contributed by atoms with Gasteiger partial charge in [0.1, 0.15) is 19.3 Å². The number of carbonyl (C=O) groups is 4. The molecule has 0 aromatic heterocycles. The summed E-state index contributed by atoms with van der Waals surface area (Å²) in [5.41, 5.74) is 0. The highest BCUT2D eigenvalue weighted by Crippen LogP contribution is 2.45. The van der Waals surface area contributed by atoms with Crippen LogP contribution in [0.2, 0.25) is 0 Å². The normalized spacial score (nSPS) is 14.7. The smallest absolute Gasteiger partial charge is 0.462 e. The molecule has 3 N–H and O–H groups in total. The highest BCUT2D eigenvalue weighted by atomic mass is 31.2. The lowest BCUT2D eigenvalue weighted by Gasteiger charge is -2.21. The van der Waals surface area contributed by atoms with Gasteiger partial charge >= 0.3 is 39.5 Å². The molecule has 0 aromatic rings. The maximum absolute atomic E-state index is 12.8. The summed E-state index contributed by atoms with van der Waals surface area (Å²) in [6.07, 6.45) is 22.2. The molecule has 0 amide bonds. The van der Waals surface area contributed by atoms with Crippen molar-refractivity contribution in [1.82, 2.24) is 0 Å². The van der Waals surface area contributed by atoms with Crippen molar-refractivity contribution in [3.63, 3.8) is 0 Å². The van der Waals surface area contributed by atoms with Crippen molar-refractivity contribution in [2.24, 2.45) is 0 Å². The number of esters is 4. The molecule has 5 atom stereocenters. The fourth-order valence-electron chi connectivity index (χ4n) is 6.63. The molecule has 0 bridgehead atoms. The minimum atomic E-state index is -4.92. The maximum atomic E-state index is 12.8. The van der Waals surface area contributed by atoms with Crippen LogP contribution in [-0.4, -0.2) is 96.7 Å². The Hall–Kier alpha value is -1.94. The van der Waals surface area contributed by atoms with E-state index in [1.807, 2.05) is 6.92 Å². The standard InChI is InChI=1S/C47H90O17P2/c1-5-9-13-17-19-20-21-23-25-29-32-45(50)58-38-43(64-47(52)34-30-26-22-18-14-10-6-2)40-62-66(55,56)60-36-41(48)35-59-65(53,54)61-39-42(63-46(51)33-27-16-12-8-4)37-57-44(49)31-28-24-15-11-7-3/h41-43,48H,5-40H2,1-4H3,(H,53,54)(H,55,56)/t41-,42+,43+/m0/s1. The molecule has 0 rings (SSSR count). The molecule has 66 heavy (non-hydrogen) atoms. The second-order valence-electron chi connectivity index (χ2n) is 17.1. The minimum absolute atomic E-state index is 0.0951. The molecule has 390 valence electrons. The molecule has 0 aliphatic heterocycles. The molecular weight excluding hydrogens is 898 g/mol. The van der Waals surface area contributed by atoms with Crippen LogP contribution in [0.3, 0.4) is 0 Å². The van der Waals surface area contributed by atoms with E-state index in [9.17, 15) is 43.2 Å². The number of hydrogen-bond acceptors (Lipinski definition) is 15. The minimum Gasteiger partial charge on any atom is -0.462 e. The van der Waals surface area contributed by atoms with Crippen LogP contribution in [0.25, 0.3) is 0 Å². The van der Waals surface area contributed by atoms with E-state index in [1.165, 1.54) is 38.5 Å². The van der Waals surface area contributed by atoms with E-state index in [0.29, 0.717) is 25.7 Å². The SMILES string of the molecule is CCCCCCCCCCCCC(=O)OC[C@H](COP(=O)(O)OC[C@@H](O)COP(=O)(O)OC[C@@H](COC(=O)CCCCCCC)OC(=O)CCCCCC)OC(=O)CCCCCCCCC. The number of carbonyl (C=O) groups excluding carboxylic acids is 4. The monoisotopic (exact) mass is 989 g/mol. The fourth-order valence-corrected chi connectivity index (χ4v) is 8.21. The fraction of sp³-hybridized carbons (Fsp3) is 0.915. The molecule has 0 saturated carbocycles. The first kappa shape index (κ1) is 64.1. The Labute approximate surface area is 397 Å². The molecule has 0 aliphatic carbocycles. The third-order valence-electron chi connectivity index (χ3n) is 10.6. The molecule has 0 heterocycles. The predicted molar refractivity (Wildman–Crippen MR) is 252 cm³/mol. The second kappa shape index (κ2) is 43.1. The van der Waals surface area contributed by atoms with E-state index in [2.05, 4.69) is 20.8 Å². The van der Waals surface area contributed by atoms with Gasteiger partial charge in [-0.2, -0.15) is 0 Å². The van der Waals surface area contributed by atoms with Crippen LogP contribution in [0, 0.1) is 0 Å². The Morgan fingerprint density at radius 1 is 0.364 bits per heavy atom.